The topological polar surface area (TPSA) is 66.6 Å². The highest BCUT2D eigenvalue weighted by Crippen LogP contribution is 2.10. The molecule has 0 aliphatic heterocycles. The van der Waals surface area contributed by atoms with E-state index in [0.717, 1.165) is 0 Å². The minimum Gasteiger partial charge on any atom is -0.426 e. The minimum absolute atomic E-state index is 0.00585. The molecule has 1 rings (SSSR count). The minimum atomic E-state index is -0.488. The second kappa shape index (κ2) is 5.23. The number of pyridine rings is 1. The molecule has 7 heteroatoms. The van der Waals surface area contributed by atoms with Crippen LogP contribution in [0.3, 0.4) is 0 Å². The first kappa shape index (κ1) is 12.9. The van der Waals surface area contributed by atoms with Crippen molar-refractivity contribution in [2.45, 2.75) is 19.9 Å². The zero-order chi connectivity index (χ0) is 12.3. The van der Waals surface area contributed by atoms with E-state index in [4.69, 9.17) is 23.2 Å². The highest BCUT2D eigenvalue weighted by atomic mass is 35.5. The second-order valence-electron chi connectivity index (χ2n) is 3.39. The van der Waals surface area contributed by atoms with Gasteiger partial charge in [-0.1, -0.05) is 23.2 Å². The average Bonchev–Trinajstić information content (AvgIpc) is 2.12. The van der Waals surface area contributed by atoms with Gasteiger partial charge in [-0.3, -0.25) is 0 Å². The van der Waals surface area contributed by atoms with E-state index < -0.39 is 6.03 Å². The molecular weight excluding hydrogens is 253 g/mol. The number of nitrogens with one attached hydrogen (secondary N) is 1. The van der Waals surface area contributed by atoms with E-state index in [1.54, 1.807) is 0 Å². The Balaban J connectivity index is 3.05. The van der Waals surface area contributed by atoms with Crippen molar-refractivity contribution in [3.05, 3.63) is 27.8 Å². The number of hydrogen-bond donors (Lipinski definition) is 2. The summed E-state index contributed by atoms with van der Waals surface area (Å²) in [6.45, 7) is 3.64. The molecule has 0 fully saturated rings. The molecule has 0 radical (unpaired) electrons. The fourth-order valence-corrected chi connectivity index (χ4v) is 1.42. The van der Waals surface area contributed by atoms with E-state index in [-0.39, 0.29) is 21.7 Å². The van der Waals surface area contributed by atoms with Crippen molar-refractivity contribution in [1.82, 2.24) is 10.0 Å². The van der Waals surface area contributed by atoms with E-state index in [1.165, 1.54) is 12.1 Å². The summed E-state index contributed by atoms with van der Waals surface area (Å²) in [5.74, 6) is 0. The van der Waals surface area contributed by atoms with Crippen molar-refractivity contribution in [2.24, 2.45) is 4.99 Å². The highest BCUT2D eigenvalue weighted by molar-refractivity contribution is 6.32. The van der Waals surface area contributed by atoms with Gasteiger partial charge >= 0.3 is 6.03 Å². The Hall–Kier alpha value is -1.20. The lowest BCUT2D eigenvalue weighted by Crippen LogP contribution is -2.29. The average molecular weight is 264 g/mol. The van der Waals surface area contributed by atoms with Crippen molar-refractivity contribution in [3.8, 4) is 0 Å². The summed E-state index contributed by atoms with van der Waals surface area (Å²) in [6, 6.07) is 2.16. The Bertz CT molecular complexity index is 442. The number of carbonyl (C=O) groups excluding carboxylic acids is 1. The lowest BCUT2D eigenvalue weighted by atomic mass is 10.4. The van der Waals surface area contributed by atoms with Gasteiger partial charge in [-0.2, -0.15) is 9.72 Å². The van der Waals surface area contributed by atoms with E-state index in [2.05, 4.69) is 10.3 Å². The molecule has 0 spiro atoms. The zero-order valence-corrected chi connectivity index (χ0v) is 10.2. The van der Waals surface area contributed by atoms with E-state index in [1.807, 2.05) is 13.8 Å². The largest absolute Gasteiger partial charge is 0.426 e. The van der Waals surface area contributed by atoms with Crippen LogP contribution in [-0.4, -0.2) is 22.0 Å². The van der Waals surface area contributed by atoms with E-state index in [0.29, 0.717) is 4.73 Å². The van der Waals surface area contributed by atoms with Gasteiger partial charge in [-0.05, 0) is 13.8 Å². The number of aromatic nitrogens is 1. The fraction of sp³-hybridized carbons (Fsp3) is 0.333. The predicted molar refractivity (Wildman–Crippen MR) is 60.9 cm³/mol. The summed E-state index contributed by atoms with van der Waals surface area (Å²) in [7, 11) is 0. The van der Waals surface area contributed by atoms with Crippen molar-refractivity contribution in [2.75, 3.05) is 0 Å². The first-order valence-electron chi connectivity index (χ1n) is 4.52. The van der Waals surface area contributed by atoms with Crippen LogP contribution in [0.5, 0.6) is 0 Å². The van der Waals surface area contributed by atoms with E-state index >= 15 is 0 Å². The Morgan fingerprint density at radius 3 is 2.38 bits per heavy atom. The number of nitrogens with zero attached hydrogens (tertiary/aromatic N) is 2. The van der Waals surface area contributed by atoms with Crippen molar-refractivity contribution in [3.63, 3.8) is 0 Å². The molecule has 0 bridgehead atoms. The van der Waals surface area contributed by atoms with Gasteiger partial charge in [0.05, 0.1) is 5.36 Å². The lowest BCUT2D eigenvalue weighted by molar-refractivity contribution is 0.185. The van der Waals surface area contributed by atoms with Gasteiger partial charge in [0, 0.05) is 18.2 Å². The van der Waals surface area contributed by atoms with Crippen LogP contribution in [0.4, 0.5) is 4.79 Å². The normalized spacial score (nSPS) is 10.3. The maximum atomic E-state index is 11.3. The van der Waals surface area contributed by atoms with Gasteiger partial charge < -0.3 is 10.5 Å². The molecule has 0 atom stereocenters. The number of hydrogen-bond acceptors (Lipinski definition) is 2. The van der Waals surface area contributed by atoms with Crippen LogP contribution >= 0.6 is 23.2 Å². The number of halogens is 2. The Labute approximate surface area is 102 Å². The van der Waals surface area contributed by atoms with Gasteiger partial charge in [0.2, 0.25) is 0 Å². The van der Waals surface area contributed by atoms with Crippen LogP contribution < -0.4 is 10.7 Å². The molecule has 0 aliphatic carbocycles. The summed E-state index contributed by atoms with van der Waals surface area (Å²) in [6.07, 6.45) is 0. The Morgan fingerprint density at radius 2 is 1.94 bits per heavy atom. The maximum absolute atomic E-state index is 11.3. The standard InChI is InChI=1S/C9H11Cl2N3O2/c1-5(2)12-9(15)13-6-3-7(10)14(16)8(11)4-6/h3-5,16H,1-2H3,(H,12,15). The molecule has 0 saturated carbocycles. The third-order valence-corrected chi connectivity index (χ3v) is 2.12. The lowest BCUT2D eigenvalue weighted by Gasteiger charge is -2.04. The van der Waals surface area contributed by atoms with Crippen LogP contribution in [0.25, 0.3) is 0 Å². The molecule has 5 nitrogen and oxygen atoms in total. The van der Waals surface area contributed by atoms with Crippen LogP contribution in [-0.2, 0) is 0 Å². The summed E-state index contributed by atoms with van der Waals surface area (Å²) in [5, 5.41) is 12.0. The first-order valence-corrected chi connectivity index (χ1v) is 5.28. The smallest absolute Gasteiger partial charge is 0.341 e. The predicted octanol–water partition coefficient (Wildman–Crippen LogP) is 2.05. The summed E-state index contributed by atoms with van der Waals surface area (Å²) >= 11 is 11.3. The number of carbonyl (C=O) groups is 1. The molecule has 88 valence electrons. The van der Waals surface area contributed by atoms with Crippen LogP contribution in [0.15, 0.2) is 17.1 Å². The third-order valence-electron chi connectivity index (χ3n) is 1.58. The monoisotopic (exact) mass is 263 g/mol. The molecule has 0 unspecified atom stereocenters. The highest BCUT2D eigenvalue weighted by Gasteiger charge is 2.03. The van der Waals surface area contributed by atoms with Gasteiger partial charge in [0.1, 0.15) is 10.3 Å². The molecule has 2 amide bonds. The summed E-state index contributed by atoms with van der Waals surface area (Å²) in [4.78, 5) is 15.0. The zero-order valence-electron chi connectivity index (χ0n) is 8.74. The number of urea groups is 1. The van der Waals surface area contributed by atoms with Gasteiger partial charge in [0.25, 0.3) is 0 Å². The van der Waals surface area contributed by atoms with Crippen LogP contribution in [0.1, 0.15) is 13.8 Å². The Morgan fingerprint density at radius 1 is 1.44 bits per heavy atom. The summed E-state index contributed by atoms with van der Waals surface area (Å²) < 4.78 is 0.586. The van der Waals surface area contributed by atoms with Crippen molar-refractivity contribution >= 4 is 29.2 Å². The molecule has 2 N–H and O–H groups in total. The molecule has 0 saturated heterocycles. The number of amides is 2. The first-order chi connectivity index (χ1) is 7.40. The maximum Gasteiger partial charge on any atom is 0.341 e. The van der Waals surface area contributed by atoms with E-state index in [9.17, 15) is 10.0 Å². The Kier molecular flexibility index (Phi) is 4.20. The van der Waals surface area contributed by atoms with Crippen molar-refractivity contribution in [1.29, 1.82) is 0 Å². The molecular formula is C9H11Cl2N3O2. The van der Waals surface area contributed by atoms with Gasteiger partial charge in [0.15, 0.2) is 0 Å². The second-order valence-corrected chi connectivity index (χ2v) is 4.16. The molecule has 1 heterocycles. The molecule has 0 aromatic carbocycles. The van der Waals surface area contributed by atoms with Crippen LogP contribution in [0.2, 0.25) is 10.3 Å². The third kappa shape index (κ3) is 3.43. The van der Waals surface area contributed by atoms with Gasteiger partial charge in [-0.15, -0.1) is 0 Å². The van der Waals surface area contributed by atoms with Gasteiger partial charge in [-0.25, -0.2) is 4.79 Å². The van der Waals surface area contributed by atoms with Crippen LogP contribution in [0, 0.1) is 0 Å². The summed E-state index contributed by atoms with van der Waals surface area (Å²) in [5.41, 5.74) is 0. The molecule has 1 aromatic rings. The fourth-order valence-electron chi connectivity index (χ4n) is 0.971. The molecule has 1 aromatic heterocycles. The molecule has 0 aliphatic rings. The van der Waals surface area contributed by atoms with Crippen molar-refractivity contribution < 1.29 is 10.0 Å². The SMILES string of the molecule is CC(C)NC(=O)N=c1cc(Cl)n(O)c(Cl)c1. The quantitative estimate of drug-likeness (QED) is 0.602. The number of rotatable bonds is 1. The molecule has 16 heavy (non-hydrogen) atoms.